The summed E-state index contributed by atoms with van der Waals surface area (Å²) in [6, 6.07) is 4.28. The van der Waals surface area contributed by atoms with Gasteiger partial charge in [-0.1, -0.05) is 0 Å². The lowest BCUT2D eigenvalue weighted by molar-refractivity contribution is -0.132. The zero-order chi connectivity index (χ0) is 24.5. The molecule has 8 nitrogen and oxygen atoms in total. The van der Waals surface area contributed by atoms with E-state index in [0.29, 0.717) is 45.9 Å². The van der Waals surface area contributed by atoms with Gasteiger partial charge < -0.3 is 19.1 Å². The maximum absolute atomic E-state index is 13.2. The molecule has 0 aliphatic carbocycles. The Morgan fingerprint density at radius 3 is 2.52 bits per heavy atom. The Hall–Kier alpha value is -2.63. The molecule has 1 aromatic rings. The van der Waals surface area contributed by atoms with Crippen LogP contribution in [0.25, 0.3) is 6.08 Å². The zero-order valence-electron chi connectivity index (χ0n) is 21.1. The largest absolute Gasteiger partial charge is 0.383 e. The van der Waals surface area contributed by atoms with Crippen molar-refractivity contribution in [2.45, 2.75) is 47.1 Å². The highest BCUT2D eigenvalue weighted by Crippen LogP contribution is 2.23. The number of carbonyl (C=O) groups excluding carboxylic acids is 2. The highest BCUT2D eigenvalue weighted by Gasteiger charge is 2.24. The molecule has 1 fully saturated rings. The van der Waals surface area contributed by atoms with E-state index in [1.54, 1.807) is 18.1 Å². The Balaban J connectivity index is 2.12. The van der Waals surface area contributed by atoms with Crippen molar-refractivity contribution < 1.29 is 14.3 Å². The Kier molecular flexibility index (Phi) is 10.1. The molecule has 0 aromatic carbocycles. The van der Waals surface area contributed by atoms with Crippen LogP contribution in [0.1, 0.15) is 50.2 Å². The van der Waals surface area contributed by atoms with E-state index >= 15 is 0 Å². The van der Waals surface area contributed by atoms with Gasteiger partial charge in [-0.2, -0.15) is 5.26 Å². The second-order valence-corrected chi connectivity index (χ2v) is 8.66. The van der Waals surface area contributed by atoms with Crippen molar-refractivity contribution in [1.29, 1.82) is 5.26 Å². The smallest absolute Gasteiger partial charge is 0.264 e. The number of nitrogens with zero attached hydrogens (tertiary/aromatic N) is 5. The summed E-state index contributed by atoms with van der Waals surface area (Å²) in [5, 5.41) is 9.75. The van der Waals surface area contributed by atoms with Crippen LogP contribution in [0.2, 0.25) is 0 Å². The molecule has 2 rings (SSSR count). The number of hydrogen-bond donors (Lipinski definition) is 0. The van der Waals surface area contributed by atoms with Crippen molar-refractivity contribution in [2.24, 2.45) is 0 Å². The van der Waals surface area contributed by atoms with Crippen molar-refractivity contribution >= 4 is 17.9 Å². The number of rotatable bonds is 9. The third kappa shape index (κ3) is 6.68. The number of aryl methyl sites for hydroxylation is 1. The van der Waals surface area contributed by atoms with Crippen molar-refractivity contribution in [2.75, 3.05) is 59.5 Å². The molecule has 1 aromatic heterocycles. The summed E-state index contributed by atoms with van der Waals surface area (Å²) in [4.78, 5) is 31.3. The molecule has 0 N–H and O–H groups in total. The SMILES string of the molecule is CCN(CC)C(=O)CN1CCCN(C(=O)/C(C#N)=C\c2cc(C)n(C(C)COC)c2C)CC1. The Bertz CT molecular complexity index is 895. The molecule has 1 atom stereocenters. The van der Waals surface area contributed by atoms with Gasteiger partial charge in [0.15, 0.2) is 0 Å². The summed E-state index contributed by atoms with van der Waals surface area (Å²) < 4.78 is 7.46. The van der Waals surface area contributed by atoms with Gasteiger partial charge in [-0.25, -0.2) is 0 Å². The minimum atomic E-state index is -0.246. The normalized spacial score (nSPS) is 16.3. The van der Waals surface area contributed by atoms with E-state index in [9.17, 15) is 14.9 Å². The van der Waals surface area contributed by atoms with Gasteiger partial charge >= 0.3 is 0 Å². The molecule has 0 bridgehead atoms. The Morgan fingerprint density at radius 1 is 1.21 bits per heavy atom. The third-order valence-corrected chi connectivity index (χ3v) is 6.37. The number of aromatic nitrogens is 1. The first kappa shape index (κ1) is 26.6. The highest BCUT2D eigenvalue weighted by atomic mass is 16.5. The average Bonchev–Trinajstić information content (AvgIpc) is 2.93. The molecule has 8 heteroatoms. The molecule has 0 spiro atoms. The average molecular weight is 458 g/mol. The Morgan fingerprint density at radius 2 is 1.91 bits per heavy atom. The summed E-state index contributed by atoms with van der Waals surface area (Å²) in [5.74, 6) is -0.125. The first-order chi connectivity index (χ1) is 15.8. The van der Waals surface area contributed by atoms with Gasteiger partial charge in [0.05, 0.1) is 19.2 Å². The second-order valence-electron chi connectivity index (χ2n) is 8.66. The number of ether oxygens (including phenoxy) is 1. The van der Waals surface area contributed by atoms with Crippen LogP contribution in [0.3, 0.4) is 0 Å². The van der Waals surface area contributed by atoms with Crippen LogP contribution in [0.15, 0.2) is 11.6 Å². The van der Waals surface area contributed by atoms with Crippen molar-refractivity contribution in [3.63, 3.8) is 0 Å². The molecular weight excluding hydrogens is 418 g/mol. The van der Waals surface area contributed by atoms with Gasteiger partial charge in [0.1, 0.15) is 11.6 Å². The first-order valence-electron chi connectivity index (χ1n) is 11.9. The van der Waals surface area contributed by atoms with E-state index < -0.39 is 0 Å². The zero-order valence-corrected chi connectivity index (χ0v) is 21.1. The van der Waals surface area contributed by atoms with Gasteiger partial charge in [-0.05, 0) is 58.7 Å². The number of nitriles is 1. The molecule has 2 amide bonds. The molecule has 1 unspecified atom stereocenters. The predicted molar refractivity (Wildman–Crippen MR) is 130 cm³/mol. The molecule has 33 heavy (non-hydrogen) atoms. The lowest BCUT2D eigenvalue weighted by Crippen LogP contribution is -2.42. The maximum atomic E-state index is 13.2. The quantitative estimate of drug-likeness (QED) is 0.421. The minimum Gasteiger partial charge on any atom is -0.383 e. The van der Waals surface area contributed by atoms with Crippen LogP contribution in [-0.2, 0) is 14.3 Å². The van der Waals surface area contributed by atoms with Crippen LogP contribution in [-0.4, -0.2) is 90.6 Å². The molecule has 182 valence electrons. The summed E-state index contributed by atoms with van der Waals surface area (Å²) >= 11 is 0. The summed E-state index contributed by atoms with van der Waals surface area (Å²) in [7, 11) is 1.68. The topological polar surface area (TPSA) is 81.8 Å². The summed E-state index contributed by atoms with van der Waals surface area (Å²) in [5.41, 5.74) is 3.09. The van der Waals surface area contributed by atoms with E-state index in [-0.39, 0.29) is 23.4 Å². The number of likely N-dealkylation sites (N-methyl/N-ethyl adjacent to an activating group) is 1. The van der Waals surface area contributed by atoms with Gasteiger partial charge in [-0.15, -0.1) is 0 Å². The summed E-state index contributed by atoms with van der Waals surface area (Å²) in [6.07, 6.45) is 2.48. The predicted octanol–water partition coefficient (Wildman–Crippen LogP) is 2.62. The summed E-state index contributed by atoms with van der Waals surface area (Å²) in [6.45, 7) is 14.9. The molecule has 2 heterocycles. The number of amides is 2. The minimum absolute atomic E-state index is 0.121. The van der Waals surface area contributed by atoms with E-state index in [4.69, 9.17) is 4.74 Å². The van der Waals surface area contributed by atoms with Crippen molar-refractivity contribution in [3.8, 4) is 6.07 Å². The van der Waals surface area contributed by atoms with Crippen LogP contribution < -0.4 is 0 Å². The van der Waals surface area contributed by atoms with Crippen LogP contribution in [0.4, 0.5) is 0 Å². The molecule has 0 radical (unpaired) electrons. The molecule has 0 saturated carbocycles. The van der Waals surface area contributed by atoms with E-state index in [1.807, 2.05) is 38.7 Å². The lowest BCUT2D eigenvalue weighted by atomic mass is 10.1. The molecular formula is C25H39N5O3. The van der Waals surface area contributed by atoms with Crippen LogP contribution in [0.5, 0.6) is 0 Å². The molecule has 1 aliphatic heterocycles. The third-order valence-electron chi connectivity index (χ3n) is 6.37. The lowest BCUT2D eigenvalue weighted by Gasteiger charge is -2.25. The number of hydrogen-bond acceptors (Lipinski definition) is 5. The Labute approximate surface area is 198 Å². The second kappa shape index (κ2) is 12.6. The first-order valence-corrected chi connectivity index (χ1v) is 11.9. The van der Waals surface area contributed by atoms with Gasteiger partial charge in [0, 0.05) is 57.8 Å². The molecule has 1 saturated heterocycles. The van der Waals surface area contributed by atoms with Crippen molar-refractivity contribution in [1.82, 2.24) is 19.3 Å². The fraction of sp³-hybridized carbons (Fsp3) is 0.640. The number of carbonyl (C=O) groups is 2. The van der Waals surface area contributed by atoms with Gasteiger partial charge in [-0.3, -0.25) is 14.5 Å². The molecule has 1 aliphatic rings. The van der Waals surface area contributed by atoms with E-state index in [0.717, 1.165) is 29.9 Å². The fourth-order valence-electron chi connectivity index (χ4n) is 4.61. The highest BCUT2D eigenvalue weighted by molar-refractivity contribution is 6.01. The maximum Gasteiger partial charge on any atom is 0.264 e. The van der Waals surface area contributed by atoms with Crippen LogP contribution >= 0.6 is 0 Å². The van der Waals surface area contributed by atoms with Gasteiger partial charge in [0.2, 0.25) is 5.91 Å². The van der Waals surface area contributed by atoms with Crippen molar-refractivity contribution in [3.05, 3.63) is 28.6 Å². The van der Waals surface area contributed by atoms with E-state index in [1.165, 1.54) is 0 Å². The monoisotopic (exact) mass is 457 g/mol. The number of methoxy groups -OCH3 is 1. The standard InChI is InChI=1S/C25H39N5O3/c1-7-28(8-2)24(31)17-27-10-9-11-29(13-12-27)25(32)23(16-26)15-22-14-19(3)30(21(22)5)20(4)18-33-6/h14-15,20H,7-13,17-18H2,1-6H3/b23-15-. The fourth-order valence-corrected chi connectivity index (χ4v) is 4.61. The van der Waals surface area contributed by atoms with Gasteiger partial charge in [0.25, 0.3) is 5.91 Å². The van der Waals surface area contributed by atoms with Crippen LogP contribution in [0, 0.1) is 25.2 Å². The van der Waals surface area contributed by atoms with E-state index in [2.05, 4.69) is 22.5 Å².